The molecular formula is C14H15N3O. The van der Waals surface area contributed by atoms with Gasteiger partial charge < -0.3 is 10.6 Å². The highest BCUT2D eigenvalue weighted by molar-refractivity contribution is 6.07. The van der Waals surface area contributed by atoms with E-state index >= 15 is 0 Å². The maximum absolute atomic E-state index is 12.1. The third-order valence-electron chi connectivity index (χ3n) is 2.59. The monoisotopic (exact) mass is 241 g/mol. The second kappa shape index (κ2) is 5.31. The number of rotatable bonds is 3. The van der Waals surface area contributed by atoms with Crippen LogP contribution in [0.15, 0.2) is 42.6 Å². The molecule has 18 heavy (non-hydrogen) atoms. The molecule has 0 aliphatic carbocycles. The van der Waals surface area contributed by atoms with E-state index in [1.807, 2.05) is 31.2 Å². The number of aryl methyl sites for hydroxylation is 1. The Kier molecular flexibility index (Phi) is 3.57. The van der Waals surface area contributed by atoms with Gasteiger partial charge in [0, 0.05) is 18.9 Å². The Morgan fingerprint density at radius 2 is 1.94 bits per heavy atom. The van der Waals surface area contributed by atoms with E-state index in [-0.39, 0.29) is 5.91 Å². The Labute approximate surface area is 106 Å². The largest absolute Gasteiger partial charge is 0.387 e. The van der Waals surface area contributed by atoms with E-state index in [1.165, 1.54) is 0 Å². The maximum atomic E-state index is 12.1. The Bertz CT molecular complexity index is 549. The minimum absolute atomic E-state index is 0.170. The first kappa shape index (κ1) is 12.1. The summed E-state index contributed by atoms with van der Waals surface area (Å²) in [5.41, 5.74) is 2.45. The molecule has 0 saturated carbocycles. The number of benzene rings is 1. The van der Waals surface area contributed by atoms with Gasteiger partial charge >= 0.3 is 0 Å². The summed E-state index contributed by atoms with van der Waals surface area (Å²) in [5, 5.41) is 5.76. The van der Waals surface area contributed by atoms with Crippen LogP contribution in [0.2, 0.25) is 0 Å². The number of pyridine rings is 1. The second-order valence-electron chi connectivity index (χ2n) is 3.97. The van der Waals surface area contributed by atoms with Crippen LogP contribution in [0.3, 0.4) is 0 Å². The van der Waals surface area contributed by atoms with E-state index in [1.54, 1.807) is 25.4 Å². The molecule has 92 valence electrons. The van der Waals surface area contributed by atoms with Gasteiger partial charge in [-0.25, -0.2) is 4.98 Å². The number of para-hydroxylation sites is 1. The molecule has 2 aromatic rings. The Hall–Kier alpha value is -2.36. The third-order valence-corrected chi connectivity index (χ3v) is 2.59. The summed E-state index contributed by atoms with van der Waals surface area (Å²) in [6, 6.07) is 11.0. The number of anilines is 2. The molecule has 4 heteroatoms. The minimum atomic E-state index is -0.170. The summed E-state index contributed by atoms with van der Waals surface area (Å²) < 4.78 is 0. The predicted octanol–water partition coefficient (Wildman–Crippen LogP) is 2.68. The van der Waals surface area contributed by atoms with Crippen LogP contribution in [0.5, 0.6) is 0 Å². The molecular weight excluding hydrogens is 226 g/mol. The van der Waals surface area contributed by atoms with Crippen molar-refractivity contribution in [3.05, 3.63) is 53.7 Å². The normalized spacial score (nSPS) is 9.89. The average molecular weight is 241 g/mol. The van der Waals surface area contributed by atoms with Crippen LogP contribution < -0.4 is 10.6 Å². The highest BCUT2D eigenvalue weighted by Crippen LogP contribution is 2.15. The molecule has 0 spiro atoms. The molecule has 4 nitrogen and oxygen atoms in total. The van der Waals surface area contributed by atoms with Crippen molar-refractivity contribution in [3.8, 4) is 0 Å². The SMILES string of the molecule is CNc1ccccc1C(=O)Nc1ccc(C)cn1. The molecule has 0 saturated heterocycles. The number of hydrogen-bond donors (Lipinski definition) is 2. The zero-order chi connectivity index (χ0) is 13.0. The second-order valence-corrected chi connectivity index (χ2v) is 3.97. The van der Waals surface area contributed by atoms with Crippen molar-refractivity contribution >= 4 is 17.4 Å². The fraction of sp³-hybridized carbons (Fsp3) is 0.143. The van der Waals surface area contributed by atoms with Crippen molar-refractivity contribution in [2.24, 2.45) is 0 Å². The van der Waals surface area contributed by atoms with Gasteiger partial charge in [0.2, 0.25) is 0 Å². The molecule has 0 bridgehead atoms. The lowest BCUT2D eigenvalue weighted by molar-refractivity contribution is 0.102. The topological polar surface area (TPSA) is 54.0 Å². The molecule has 1 amide bonds. The van der Waals surface area contributed by atoms with Crippen molar-refractivity contribution in [2.75, 3.05) is 17.7 Å². The quantitative estimate of drug-likeness (QED) is 0.868. The van der Waals surface area contributed by atoms with Crippen molar-refractivity contribution in [1.29, 1.82) is 0 Å². The van der Waals surface area contributed by atoms with Crippen LogP contribution in [0.25, 0.3) is 0 Å². The van der Waals surface area contributed by atoms with Crippen molar-refractivity contribution in [2.45, 2.75) is 6.92 Å². The van der Waals surface area contributed by atoms with E-state index in [0.717, 1.165) is 11.3 Å². The molecule has 1 aromatic heterocycles. The van der Waals surface area contributed by atoms with E-state index in [4.69, 9.17) is 0 Å². The minimum Gasteiger partial charge on any atom is -0.387 e. The maximum Gasteiger partial charge on any atom is 0.258 e. The van der Waals surface area contributed by atoms with Gasteiger partial charge in [-0.1, -0.05) is 18.2 Å². The number of nitrogens with zero attached hydrogens (tertiary/aromatic N) is 1. The first-order chi connectivity index (χ1) is 8.70. The van der Waals surface area contributed by atoms with Gasteiger partial charge in [0.15, 0.2) is 0 Å². The predicted molar refractivity (Wildman–Crippen MR) is 72.9 cm³/mol. The van der Waals surface area contributed by atoms with Gasteiger partial charge in [-0.15, -0.1) is 0 Å². The van der Waals surface area contributed by atoms with Crippen molar-refractivity contribution in [3.63, 3.8) is 0 Å². The van der Waals surface area contributed by atoms with Crippen molar-refractivity contribution < 1.29 is 4.79 Å². The molecule has 0 atom stereocenters. The lowest BCUT2D eigenvalue weighted by atomic mass is 10.1. The number of amides is 1. The van der Waals surface area contributed by atoms with Gasteiger partial charge in [0.05, 0.1) is 5.56 Å². The summed E-state index contributed by atoms with van der Waals surface area (Å²) in [4.78, 5) is 16.2. The van der Waals surface area contributed by atoms with Gasteiger partial charge in [-0.3, -0.25) is 4.79 Å². The standard InChI is InChI=1S/C14H15N3O/c1-10-7-8-13(16-9-10)17-14(18)11-5-3-4-6-12(11)15-2/h3-9,15H,1-2H3,(H,16,17,18). The zero-order valence-electron chi connectivity index (χ0n) is 10.4. The molecule has 0 radical (unpaired) electrons. The fourth-order valence-corrected chi connectivity index (χ4v) is 1.62. The molecule has 2 rings (SSSR count). The van der Waals surface area contributed by atoms with Gasteiger partial charge in [0.25, 0.3) is 5.91 Å². The van der Waals surface area contributed by atoms with E-state index < -0.39 is 0 Å². The van der Waals surface area contributed by atoms with Crippen LogP contribution in [0.1, 0.15) is 15.9 Å². The molecule has 0 aliphatic rings. The molecule has 1 heterocycles. The smallest absolute Gasteiger partial charge is 0.258 e. The summed E-state index contributed by atoms with van der Waals surface area (Å²) >= 11 is 0. The molecule has 0 aliphatic heterocycles. The van der Waals surface area contributed by atoms with Crippen molar-refractivity contribution in [1.82, 2.24) is 4.98 Å². The molecule has 0 fully saturated rings. The van der Waals surface area contributed by atoms with E-state index in [2.05, 4.69) is 15.6 Å². The lowest BCUT2D eigenvalue weighted by Gasteiger charge is -2.09. The lowest BCUT2D eigenvalue weighted by Crippen LogP contribution is -2.14. The first-order valence-electron chi connectivity index (χ1n) is 5.71. The summed E-state index contributed by atoms with van der Waals surface area (Å²) in [7, 11) is 1.79. The van der Waals surface area contributed by atoms with Crippen LogP contribution in [-0.4, -0.2) is 17.9 Å². The highest BCUT2D eigenvalue weighted by atomic mass is 16.1. The number of hydrogen-bond acceptors (Lipinski definition) is 3. The Morgan fingerprint density at radius 1 is 1.17 bits per heavy atom. The number of carbonyl (C=O) groups excluding carboxylic acids is 1. The summed E-state index contributed by atoms with van der Waals surface area (Å²) in [6.45, 7) is 1.95. The first-order valence-corrected chi connectivity index (χ1v) is 5.71. The number of carbonyl (C=O) groups is 1. The fourth-order valence-electron chi connectivity index (χ4n) is 1.62. The molecule has 0 unspecified atom stereocenters. The highest BCUT2D eigenvalue weighted by Gasteiger charge is 2.10. The van der Waals surface area contributed by atoms with E-state index in [9.17, 15) is 4.79 Å². The zero-order valence-corrected chi connectivity index (χ0v) is 10.4. The van der Waals surface area contributed by atoms with Crippen LogP contribution in [0.4, 0.5) is 11.5 Å². The van der Waals surface area contributed by atoms with E-state index in [0.29, 0.717) is 11.4 Å². The van der Waals surface area contributed by atoms with Gasteiger partial charge in [0.1, 0.15) is 5.82 Å². The summed E-state index contributed by atoms with van der Waals surface area (Å²) in [5.74, 6) is 0.382. The Balaban J connectivity index is 2.19. The van der Waals surface area contributed by atoms with Crippen LogP contribution >= 0.6 is 0 Å². The number of aromatic nitrogens is 1. The third kappa shape index (κ3) is 2.66. The molecule has 1 aromatic carbocycles. The molecule has 2 N–H and O–H groups in total. The van der Waals surface area contributed by atoms with Crippen LogP contribution in [0, 0.1) is 6.92 Å². The number of nitrogens with one attached hydrogen (secondary N) is 2. The Morgan fingerprint density at radius 3 is 2.61 bits per heavy atom. The van der Waals surface area contributed by atoms with Crippen LogP contribution in [-0.2, 0) is 0 Å². The summed E-state index contributed by atoms with van der Waals surface area (Å²) in [6.07, 6.45) is 1.72. The average Bonchev–Trinajstić information content (AvgIpc) is 2.41. The van der Waals surface area contributed by atoms with Gasteiger partial charge in [-0.05, 0) is 30.7 Å². The van der Waals surface area contributed by atoms with Gasteiger partial charge in [-0.2, -0.15) is 0 Å².